The van der Waals surface area contributed by atoms with Crippen molar-refractivity contribution < 1.29 is 23.8 Å². The van der Waals surface area contributed by atoms with Crippen molar-refractivity contribution in [2.75, 3.05) is 0 Å². The Bertz CT molecular complexity index is 827. The molecule has 0 bridgehead atoms. The Morgan fingerprint density at radius 2 is 1.73 bits per heavy atom. The van der Waals surface area contributed by atoms with Crippen LogP contribution >= 0.6 is 0 Å². The largest absolute Gasteiger partial charge is 0.711 e. The van der Waals surface area contributed by atoms with Gasteiger partial charge in [0.25, 0.3) is 11.6 Å². The molecule has 1 aliphatic rings. The SMILES string of the molecule is Cc1c(C)[n+]([O-])c([C@H](c2ccncc2)C2C(=O)OC(C)(C)OC2=O)n1C. The molecule has 0 saturated carbocycles. The van der Waals surface area contributed by atoms with Gasteiger partial charge >= 0.3 is 11.9 Å². The van der Waals surface area contributed by atoms with E-state index in [1.807, 2.05) is 0 Å². The minimum atomic E-state index is -1.33. The second-order valence-corrected chi connectivity index (χ2v) is 6.86. The molecule has 138 valence electrons. The summed E-state index contributed by atoms with van der Waals surface area (Å²) in [4.78, 5) is 29.3. The summed E-state index contributed by atoms with van der Waals surface area (Å²) < 4.78 is 13.0. The van der Waals surface area contributed by atoms with E-state index in [0.717, 1.165) is 10.4 Å². The van der Waals surface area contributed by atoms with Crippen LogP contribution in [-0.2, 0) is 26.1 Å². The van der Waals surface area contributed by atoms with Gasteiger partial charge in [-0.05, 0) is 17.7 Å². The van der Waals surface area contributed by atoms with E-state index in [-0.39, 0.29) is 5.82 Å². The lowest BCUT2D eigenvalue weighted by Gasteiger charge is -2.35. The number of carbonyl (C=O) groups excluding carboxylic acids is 2. The van der Waals surface area contributed by atoms with Crippen LogP contribution < -0.4 is 4.73 Å². The molecule has 1 fully saturated rings. The summed E-state index contributed by atoms with van der Waals surface area (Å²) in [5.41, 5.74) is 1.84. The quantitative estimate of drug-likeness (QED) is 0.354. The molecule has 2 aromatic rings. The number of nitrogens with zero attached hydrogens (tertiary/aromatic N) is 3. The van der Waals surface area contributed by atoms with Crippen LogP contribution in [0.2, 0.25) is 0 Å². The first-order valence-corrected chi connectivity index (χ1v) is 8.25. The highest BCUT2D eigenvalue weighted by Crippen LogP contribution is 2.37. The van der Waals surface area contributed by atoms with Crippen molar-refractivity contribution in [3.8, 4) is 0 Å². The lowest BCUT2D eigenvalue weighted by atomic mass is 9.84. The Balaban J connectivity index is 2.20. The fourth-order valence-corrected chi connectivity index (χ4v) is 3.27. The molecule has 0 radical (unpaired) electrons. The highest BCUT2D eigenvalue weighted by Gasteiger charge is 2.51. The molecule has 0 aliphatic carbocycles. The summed E-state index contributed by atoms with van der Waals surface area (Å²) in [5, 5.41) is 12.8. The smallest absolute Gasteiger partial charge is 0.324 e. The Morgan fingerprint density at radius 1 is 1.19 bits per heavy atom. The number of aromatic nitrogens is 3. The van der Waals surface area contributed by atoms with Crippen LogP contribution in [0.15, 0.2) is 24.5 Å². The van der Waals surface area contributed by atoms with Crippen LogP contribution in [0.5, 0.6) is 0 Å². The number of hydrogen-bond donors (Lipinski definition) is 0. The van der Waals surface area contributed by atoms with Crippen molar-refractivity contribution >= 4 is 11.9 Å². The minimum Gasteiger partial charge on any atom is -0.711 e. The summed E-state index contributed by atoms with van der Waals surface area (Å²) in [7, 11) is 1.73. The number of hydrogen-bond acceptors (Lipinski definition) is 6. The van der Waals surface area contributed by atoms with Crippen LogP contribution in [0, 0.1) is 25.0 Å². The zero-order valence-corrected chi connectivity index (χ0v) is 15.3. The van der Waals surface area contributed by atoms with E-state index in [1.165, 1.54) is 13.8 Å². The first-order chi connectivity index (χ1) is 12.1. The average Bonchev–Trinajstić information content (AvgIpc) is 2.75. The third-order valence-electron chi connectivity index (χ3n) is 4.76. The first-order valence-electron chi connectivity index (χ1n) is 8.25. The summed E-state index contributed by atoms with van der Waals surface area (Å²) in [6, 6.07) is 3.34. The summed E-state index contributed by atoms with van der Waals surface area (Å²) in [6.07, 6.45) is 3.09. The second kappa shape index (κ2) is 6.12. The molecule has 26 heavy (non-hydrogen) atoms. The molecule has 0 unspecified atom stereocenters. The first kappa shape index (κ1) is 17.9. The number of esters is 2. The molecule has 1 saturated heterocycles. The van der Waals surface area contributed by atoms with Crippen LogP contribution in [-0.4, -0.2) is 27.3 Å². The molecular weight excluding hydrogens is 338 g/mol. The zero-order chi connectivity index (χ0) is 19.2. The van der Waals surface area contributed by atoms with Gasteiger partial charge in [0.1, 0.15) is 17.3 Å². The minimum absolute atomic E-state index is 0.268. The van der Waals surface area contributed by atoms with Gasteiger partial charge in [0.15, 0.2) is 5.92 Å². The maximum Gasteiger partial charge on any atom is 0.324 e. The molecule has 3 heterocycles. The molecule has 1 atom stereocenters. The van der Waals surface area contributed by atoms with E-state index in [2.05, 4.69) is 4.98 Å². The number of cyclic esters (lactones) is 2. The Kier molecular flexibility index (Phi) is 4.21. The highest BCUT2D eigenvalue weighted by molar-refractivity contribution is 5.98. The third kappa shape index (κ3) is 2.81. The number of pyridine rings is 1. The van der Waals surface area contributed by atoms with E-state index in [9.17, 15) is 14.8 Å². The molecule has 8 nitrogen and oxygen atoms in total. The van der Waals surface area contributed by atoms with Gasteiger partial charge in [0.05, 0.1) is 7.05 Å². The zero-order valence-electron chi connectivity index (χ0n) is 15.3. The average molecular weight is 359 g/mol. The molecule has 3 rings (SSSR count). The maximum absolute atomic E-state index is 12.8. The number of rotatable bonds is 3. The van der Waals surface area contributed by atoms with Crippen LogP contribution in [0.4, 0.5) is 0 Å². The Morgan fingerprint density at radius 3 is 2.19 bits per heavy atom. The van der Waals surface area contributed by atoms with E-state index in [1.54, 1.807) is 50.0 Å². The fourth-order valence-electron chi connectivity index (χ4n) is 3.27. The van der Waals surface area contributed by atoms with Crippen molar-refractivity contribution in [1.29, 1.82) is 0 Å². The van der Waals surface area contributed by atoms with Gasteiger partial charge in [-0.1, -0.05) is 0 Å². The lowest BCUT2D eigenvalue weighted by molar-refractivity contribution is -0.621. The molecule has 1 aliphatic heterocycles. The summed E-state index contributed by atoms with van der Waals surface area (Å²) in [6.45, 7) is 6.48. The van der Waals surface area contributed by atoms with Gasteiger partial charge < -0.3 is 14.7 Å². The van der Waals surface area contributed by atoms with Crippen molar-refractivity contribution in [3.05, 3.63) is 52.5 Å². The summed E-state index contributed by atoms with van der Waals surface area (Å²) in [5.74, 6) is -4.64. The lowest BCUT2D eigenvalue weighted by Crippen LogP contribution is -2.50. The molecule has 0 spiro atoms. The number of carbonyl (C=O) groups is 2. The second-order valence-electron chi connectivity index (χ2n) is 6.86. The number of ether oxygens (including phenoxy) is 2. The van der Waals surface area contributed by atoms with Gasteiger partial charge in [-0.25, -0.2) is 9.30 Å². The van der Waals surface area contributed by atoms with E-state index < -0.39 is 29.6 Å². The highest BCUT2D eigenvalue weighted by atomic mass is 16.7. The van der Waals surface area contributed by atoms with Gasteiger partial charge in [-0.2, -0.15) is 0 Å². The molecule has 0 aromatic carbocycles. The normalized spacial score (nSPS) is 18.3. The van der Waals surface area contributed by atoms with E-state index in [0.29, 0.717) is 11.3 Å². The Labute approximate surface area is 150 Å². The van der Waals surface area contributed by atoms with E-state index >= 15 is 0 Å². The van der Waals surface area contributed by atoms with Crippen molar-refractivity contribution in [3.63, 3.8) is 0 Å². The van der Waals surface area contributed by atoms with Crippen LogP contribution in [0.3, 0.4) is 0 Å². The van der Waals surface area contributed by atoms with Crippen molar-refractivity contribution in [2.24, 2.45) is 13.0 Å². The third-order valence-corrected chi connectivity index (χ3v) is 4.76. The van der Waals surface area contributed by atoms with Gasteiger partial charge in [0.2, 0.25) is 0 Å². The van der Waals surface area contributed by atoms with Gasteiger partial charge in [-0.3, -0.25) is 14.6 Å². The molecule has 2 aromatic heterocycles. The van der Waals surface area contributed by atoms with Gasteiger partial charge in [-0.15, -0.1) is 0 Å². The van der Waals surface area contributed by atoms with E-state index in [4.69, 9.17) is 9.47 Å². The van der Waals surface area contributed by atoms with Crippen LogP contribution in [0.25, 0.3) is 0 Å². The number of imidazole rings is 1. The fraction of sp³-hybridized carbons (Fsp3) is 0.444. The van der Waals surface area contributed by atoms with Crippen molar-refractivity contribution in [1.82, 2.24) is 9.55 Å². The molecule has 0 amide bonds. The monoisotopic (exact) mass is 359 g/mol. The molecule has 8 heteroatoms. The van der Waals surface area contributed by atoms with Crippen LogP contribution in [0.1, 0.15) is 42.5 Å². The Hall–Kier alpha value is -2.90. The predicted octanol–water partition coefficient (Wildman–Crippen LogP) is 1.25. The molecular formula is C18H21N3O5. The topological polar surface area (TPSA) is 97.4 Å². The predicted molar refractivity (Wildman–Crippen MR) is 89.7 cm³/mol. The van der Waals surface area contributed by atoms with Gasteiger partial charge in [0, 0.05) is 40.1 Å². The maximum atomic E-state index is 12.8. The molecule has 0 N–H and O–H groups in total. The summed E-state index contributed by atoms with van der Waals surface area (Å²) >= 11 is 0. The van der Waals surface area contributed by atoms with Crippen molar-refractivity contribution in [2.45, 2.75) is 39.4 Å². The standard InChI is InChI=1S/C18H21N3O5/c1-10-11(2)21(24)15(20(10)5)13(12-6-8-19-9-7-12)14-16(22)25-18(3,4)26-17(14)23/h6-9,13-14H,1-5H3/t13-/m1/s1.